The second-order valence-corrected chi connectivity index (χ2v) is 14.7. The number of halogens is 5. The van der Waals surface area contributed by atoms with E-state index in [9.17, 15) is 18.4 Å². The van der Waals surface area contributed by atoms with Gasteiger partial charge in [-0.2, -0.15) is 0 Å². The molecule has 11 heteroatoms. The third kappa shape index (κ3) is 21.2. The molecule has 0 radical (unpaired) electrons. The molecule has 5 aromatic carbocycles. The van der Waals surface area contributed by atoms with Crippen LogP contribution in [-0.4, -0.2) is 36.4 Å². The van der Waals surface area contributed by atoms with Gasteiger partial charge in [0.25, 0.3) is 0 Å². The van der Waals surface area contributed by atoms with E-state index in [1.807, 2.05) is 90.2 Å². The number of hydrogen-bond acceptors (Lipinski definition) is 6. The number of rotatable bonds is 7. The molecule has 0 saturated carbocycles. The van der Waals surface area contributed by atoms with Gasteiger partial charge in [-0.05, 0) is 176 Å². The highest BCUT2D eigenvalue weighted by Crippen LogP contribution is 2.14. The maximum Gasteiger partial charge on any atom is 0.310 e. The zero-order chi connectivity index (χ0) is 39.8. The van der Waals surface area contributed by atoms with Crippen molar-refractivity contribution in [1.82, 2.24) is 0 Å². The number of carbonyl (C=O) groups is 2. The van der Waals surface area contributed by atoms with Crippen molar-refractivity contribution in [3.63, 3.8) is 0 Å². The van der Waals surface area contributed by atoms with Gasteiger partial charge in [-0.25, -0.2) is 8.78 Å². The number of benzene rings is 5. The van der Waals surface area contributed by atoms with Crippen molar-refractivity contribution < 1.29 is 38.1 Å². The maximum atomic E-state index is 13.1. The fourth-order valence-electron chi connectivity index (χ4n) is 4.05. The van der Waals surface area contributed by atoms with E-state index in [2.05, 4.69) is 68.5 Å². The fraction of sp³-hybridized carbons (Fsp3) is 0.238. The van der Waals surface area contributed by atoms with Gasteiger partial charge in [0, 0.05) is 10.7 Å². The molecule has 0 atom stereocenters. The number of phenolic OH excluding ortho intramolecular Hbond substituents is 2. The Hall–Kier alpha value is -3.31. The molecular formula is C42H45F2I3O6. The second kappa shape index (κ2) is 27.3. The van der Waals surface area contributed by atoms with Crippen LogP contribution in [0.2, 0.25) is 0 Å². The smallest absolute Gasteiger partial charge is 0.310 e. The number of methoxy groups -OCH3 is 2. The highest BCUT2D eigenvalue weighted by molar-refractivity contribution is 14.1. The van der Waals surface area contributed by atoms with Gasteiger partial charge < -0.3 is 19.7 Å². The number of ether oxygens (including phenoxy) is 2. The van der Waals surface area contributed by atoms with Crippen molar-refractivity contribution in [2.45, 2.75) is 52.9 Å². The molecule has 0 amide bonds. The van der Waals surface area contributed by atoms with Crippen LogP contribution < -0.4 is 0 Å². The first-order valence-corrected chi connectivity index (χ1v) is 19.8. The molecule has 0 unspecified atom stereocenters. The molecule has 0 spiro atoms. The van der Waals surface area contributed by atoms with E-state index in [-0.39, 0.29) is 24.0 Å². The summed E-state index contributed by atoms with van der Waals surface area (Å²) < 4.78 is 37.9. The van der Waals surface area contributed by atoms with Gasteiger partial charge in [0.2, 0.25) is 0 Å². The average Bonchev–Trinajstić information content (AvgIpc) is 3.15. The fourth-order valence-corrected chi connectivity index (χ4v) is 5.32. The molecule has 284 valence electrons. The summed E-state index contributed by atoms with van der Waals surface area (Å²) in [6.45, 7) is 6.10. The molecule has 2 N–H and O–H groups in total. The Morgan fingerprint density at radius 1 is 0.528 bits per heavy atom. The molecule has 0 aliphatic heterocycles. The zero-order valence-corrected chi connectivity index (χ0v) is 36.8. The van der Waals surface area contributed by atoms with E-state index in [0.717, 1.165) is 37.5 Å². The molecule has 0 aromatic heterocycles. The molecule has 53 heavy (non-hydrogen) atoms. The molecule has 0 heterocycles. The van der Waals surface area contributed by atoms with Crippen molar-refractivity contribution in [2.75, 3.05) is 14.2 Å². The van der Waals surface area contributed by atoms with Crippen LogP contribution in [0.5, 0.6) is 11.5 Å². The van der Waals surface area contributed by atoms with Crippen LogP contribution in [0.4, 0.5) is 8.78 Å². The lowest BCUT2D eigenvalue weighted by Gasteiger charge is -2.01. The topological polar surface area (TPSA) is 93.1 Å². The highest BCUT2D eigenvalue weighted by atomic mass is 127. The van der Waals surface area contributed by atoms with Crippen LogP contribution >= 0.6 is 67.8 Å². The largest absolute Gasteiger partial charge is 0.508 e. The van der Waals surface area contributed by atoms with Crippen LogP contribution in [0.1, 0.15) is 48.6 Å². The summed E-state index contributed by atoms with van der Waals surface area (Å²) in [6.07, 6.45) is 3.12. The average molecular weight is 1060 g/mol. The Labute approximate surface area is 352 Å². The Morgan fingerprint density at radius 3 is 1.43 bits per heavy atom. The van der Waals surface area contributed by atoms with E-state index in [4.69, 9.17) is 10.2 Å². The first-order chi connectivity index (χ1) is 25.2. The Balaban J connectivity index is 0.000000334. The number of phenols is 2. The summed E-state index contributed by atoms with van der Waals surface area (Å²) in [5.41, 5.74) is 4.58. The molecule has 5 aromatic rings. The van der Waals surface area contributed by atoms with Crippen LogP contribution in [0.3, 0.4) is 0 Å². The van der Waals surface area contributed by atoms with Crippen LogP contribution in [0.25, 0.3) is 0 Å². The molecule has 0 fully saturated rings. The minimum atomic E-state index is -0.430. The van der Waals surface area contributed by atoms with Crippen molar-refractivity contribution in [1.29, 1.82) is 0 Å². The van der Waals surface area contributed by atoms with Crippen LogP contribution in [0.15, 0.2) is 109 Å². The molecule has 0 aliphatic carbocycles. The van der Waals surface area contributed by atoms with Crippen molar-refractivity contribution in [3.8, 4) is 11.5 Å². The summed E-state index contributed by atoms with van der Waals surface area (Å²) >= 11 is 6.33. The Morgan fingerprint density at radius 2 is 1.00 bits per heavy atom. The number of esters is 2. The Kier molecular flexibility index (Phi) is 24.6. The monoisotopic (exact) mass is 1060 g/mol. The van der Waals surface area contributed by atoms with Gasteiger partial charge in [0.1, 0.15) is 23.1 Å². The van der Waals surface area contributed by atoms with Crippen LogP contribution in [-0.2, 0) is 51.2 Å². The van der Waals surface area contributed by atoms with E-state index in [1.165, 1.54) is 35.0 Å². The summed E-state index contributed by atoms with van der Waals surface area (Å²) in [4.78, 5) is 21.7. The van der Waals surface area contributed by atoms with E-state index >= 15 is 0 Å². The number of aryl methyl sites for hydroxylation is 3. The van der Waals surface area contributed by atoms with Crippen molar-refractivity contribution >= 4 is 79.7 Å². The molecule has 0 bridgehead atoms. The molecule has 0 aliphatic rings. The minimum absolute atomic E-state index is 0.0146. The molecule has 6 nitrogen and oxygen atoms in total. The third-order valence-corrected chi connectivity index (χ3v) is 9.19. The lowest BCUT2D eigenvalue weighted by atomic mass is 10.1. The lowest BCUT2D eigenvalue weighted by molar-refractivity contribution is -0.140. The summed E-state index contributed by atoms with van der Waals surface area (Å²) in [5, 5.41) is 17.8. The summed E-state index contributed by atoms with van der Waals surface area (Å²) in [6, 6.07) is 32.4. The Bertz CT molecular complexity index is 1820. The summed E-state index contributed by atoms with van der Waals surface area (Å²) in [7, 11) is 2.68. The second-order valence-electron chi connectivity index (χ2n) is 11.0. The number of aromatic hydroxyl groups is 2. The number of hydrogen-bond donors (Lipinski definition) is 2. The van der Waals surface area contributed by atoms with Gasteiger partial charge in [-0.3, -0.25) is 9.59 Å². The third-order valence-electron chi connectivity index (χ3n) is 7.13. The lowest BCUT2D eigenvalue weighted by Crippen LogP contribution is -2.06. The quantitative estimate of drug-likeness (QED) is 0.125. The molecular weight excluding hydrogens is 1020 g/mol. The highest BCUT2D eigenvalue weighted by Gasteiger charge is 2.08. The molecule has 5 rings (SSSR count). The first-order valence-electron chi connectivity index (χ1n) is 16.6. The standard InChI is InChI=1S/C9H8FIO2.C9H9IO2.C8H8FI.2C8H10O/c1-13-9(12)4-6-2-3-7(11)5-8(6)10;1-12-9(11)6-7-2-4-8(10)5-3-7;1-2-6-3-4-7(10)5-8(6)9;1-2-7-3-5-8(9)6-4-7;1-2-7-4-3-5-8(9)6-7/h2-3,5H,4H2,1H3;2-5H,6H2,1H3;3-5H,2H2,1H3;2*3-6,9H,2H2,1H3. The minimum Gasteiger partial charge on any atom is -0.508 e. The van der Waals surface area contributed by atoms with E-state index < -0.39 is 5.97 Å². The van der Waals surface area contributed by atoms with Gasteiger partial charge in [-0.1, -0.05) is 69.3 Å². The van der Waals surface area contributed by atoms with Crippen LogP contribution in [0, 0.1) is 22.3 Å². The van der Waals surface area contributed by atoms with Gasteiger partial charge in [-0.15, -0.1) is 0 Å². The normalized spacial score (nSPS) is 9.62. The summed E-state index contributed by atoms with van der Waals surface area (Å²) in [5.74, 6) is -0.385. The van der Waals surface area contributed by atoms with Gasteiger partial charge in [0.05, 0.1) is 27.1 Å². The van der Waals surface area contributed by atoms with E-state index in [1.54, 1.807) is 42.5 Å². The zero-order valence-electron chi connectivity index (χ0n) is 30.3. The predicted molar refractivity (Wildman–Crippen MR) is 233 cm³/mol. The SMILES string of the molecule is CCc1ccc(I)cc1F.CCc1ccc(O)cc1.CCc1cccc(O)c1.COC(=O)Cc1ccc(I)cc1.COC(=O)Cc1ccc(I)cc1F. The molecule has 0 saturated heterocycles. The van der Waals surface area contributed by atoms with Crippen molar-refractivity contribution in [2.24, 2.45) is 0 Å². The van der Waals surface area contributed by atoms with Crippen molar-refractivity contribution in [3.05, 3.63) is 159 Å². The number of carbonyl (C=O) groups excluding carboxylic acids is 2. The maximum absolute atomic E-state index is 13.1. The van der Waals surface area contributed by atoms with Gasteiger partial charge in [0.15, 0.2) is 0 Å². The van der Waals surface area contributed by atoms with Gasteiger partial charge >= 0.3 is 11.9 Å². The predicted octanol–water partition coefficient (Wildman–Crippen LogP) is 11.1. The first kappa shape index (κ1) is 47.7. The van der Waals surface area contributed by atoms with E-state index in [0.29, 0.717) is 23.5 Å².